The molecule has 0 fully saturated rings. The molecule has 0 saturated carbocycles. The molecular formula is C15H19N3OS. The van der Waals surface area contributed by atoms with Crippen LogP contribution in [0.2, 0.25) is 0 Å². The smallest absolute Gasteiger partial charge is 0.253 e. The van der Waals surface area contributed by atoms with Crippen molar-refractivity contribution in [2.75, 3.05) is 25.2 Å². The summed E-state index contributed by atoms with van der Waals surface area (Å²) in [6, 6.07) is 7.80. The monoisotopic (exact) mass is 289 g/mol. The van der Waals surface area contributed by atoms with E-state index >= 15 is 0 Å². The van der Waals surface area contributed by atoms with Crippen LogP contribution in [0.4, 0.5) is 5.82 Å². The Hall–Kier alpha value is -1.75. The van der Waals surface area contributed by atoms with Gasteiger partial charge in [-0.25, -0.2) is 4.98 Å². The quantitative estimate of drug-likeness (QED) is 0.888. The van der Waals surface area contributed by atoms with Crippen molar-refractivity contribution in [1.29, 1.82) is 0 Å². The van der Waals surface area contributed by atoms with E-state index in [0.717, 1.165) is 16.6 Å². The molecule has 2 rings (SSSR count). The number of amides is 1. The molecule has 1 amide bonds. The number of rotatable bonds is 5. The van der Waals surface area contributed by atoms with Gasteiger partial charge in [-0.15, -0.1) is 0 Å². The molecule has 1 heterocycles. The van der Waals surface area contributed by atoms with Crippen molar-refractivity contribution in [2.45, 2.75) is 12.2 Å². The Bertz CT molecular complexity index is 615. The average Bonchev–Trinajstić information content (AvgIpc) is 2.51. The summed E-state index contributed by atoms with van der Waals surface area (Å²) in [5, 5.41) is 8.28. The zero-order valence-electron chi connectivity index (χ0n) is 11.9. The molecule has 0 saturated heterocycles. The van der Waals surface area contributed by atoms with Gasteiger partial charge >= 0.3 is 0 Å². The van der Waals surface area contributed by atoms with Gasteiger partial charge in [0.2, 0.25) is 0 Å². The van der Waals surface area contributed by atoms with Gasteiger partial charge in [-0.05, 0) is 11.6 Å². The van der Waals surface area contributed by atoms with E-state index in [4.69, 9.17) is 0 Å². The molecule has 106 valence electrons. The summed E-state index contributed by atoms with van der Waals surface area (Å²) >= 11 is 1.73. The number of benzene rings is 1. The summed E-state index contributed by atoms with van der Waals surface area (Å²) in [6.07, 6.45) is 3.67. The first-order valence-electron chi connectivity index (χ1n) is 6.54. The number of fused-ring (bicyclic) bond motifs is 1. The van der Waals surface area contributed by atoms with Gasteiger partial charge in [0.05, 0.1) is 5.56 Å². The highest BCUT2D eigenvalue weighted by Crippen LogP contribution is 2.24. The molecule has 0 radical (unpaired) electrons. The lowest BCUT2D eigenvalue weighted by Crippen LogP contribution is -2.29. The number of aromatic nitrogens is 1. The minimum absolute atomic E-state index is 0.0720. The number of thioether (sulfide) groups is 1. The first-order chi connectivity index (χ1) is 9.67. The molecule has 5 heteroatoms. The predicted octanol–water partition coefficient (Wildman–Crippen LogP) is 2.76. The molecule has 2 N–H and O–H groups in total. The van der Waals surface area contributed by atoms with Crippen LogP contribution < -0.4 is 10.6 Å². The largest absolute Gasteiger partial charge is 0.373 e. The van der Waals surface area contributed by atoms with Crippen LogP contribution in [-0.4, -0.2) is 36.0 Å². The van der Waals surface area contributed by atoms with Crippen LogP contribution in [-0.2, 0) is 0 Å². The number of carbonyl (C=O) groups is 1. The SMILES string of the molecule is CNc1ncc(C(=O)NCC(C)SC)c2ccccc12. The van der Waals surface area contributed by atoms with Crippen molar-refractivity contribution in [2.24, 2.45) is 0 Å². The molecule has 20 heavy (non-hydrogen) atoms. The summed E-state index contributed by atoms with van der Waals surface area (Å²) in [6.45, 7) is 2.74. The van der Waals surface area contributed by atoms with Crippen LogP contribution in [0.1, 0.15) is 17.3 Å². The third-order valence-electron chi connectivity index (χ3n) is 3.23. The molecule has 2 aromatic rings. The number of hydrogen-bond donors (Lipinski definition) is 2. The van der Waals surface area contributed by atoms with Crippen LogP contribution in [0.5, 0.6) is 0 Å². The van der Waals surface area contributed by atoms with Gasteiger partial charge in [-0.1, -0.05) is 31.2 Å². The normalized spacial score (nSPS) is 12.2. The van der Waals surface area contributed by atoms with E-state index in [1.165, 1.54) is 0 Å². The van der Waals surface area contributed by atoms with E-state index in [1.54, 1.807) is 18.0 Å². The summed E-state index contributed by atoms with van der Waals surface area (Å²) in [5.41, 5.74) is 0.618. The Kier molecular flexibility index (Phi) is 4.84. The van der Waals surface area contributed by atoms with Gasteiger partial charge in [0.15, 0.2) is 0 Å². The van der Waals surface area contributed by atoms with Crippen LogP contribution in [0, 0.1) is 0 Å². The molecule has 1 unspecified atom stereocenters. The van der Waals surface area contributed by atoms with Gasteiger partial charge in [-0.3, -0.25) is 4.79 Å². The van der Waals surface area contributed by atoms with Crippen LogP contribution in [0.15, 0.2) is 30.5 Å². The average molecular weight is 289 g/mol. The van der Waals surface area contributed by atoms with E-state index in [2.05, 4.69) is 22.5 Å². The second-order valence-corrected chi connectivity index (χ2v) is 5.85. The molecule has 0 spiro atoms. The van der Waals surface area contributed by atoms with Gasteiger partial charge in [-0.2, -0.15) is 11.8 Å². The number of pyridine rings is 1. The molecule has 1 atom stereocenters. The minimum atomic E-state index is -0.0720. The molecule has 0 aliphatic carbocycles. The summed E-state index contributed by atoms with van der Waals surface area (Å²) in [5.74, 6) is 0.715. The van der Waals surface area contributed by atoms with Crippen molar-refractivity contribution < 1.29 is 4.79 Å². The van der Waals surface area contributed by atoms with Gasteiger partial charge in [0.1, 0.15) is 5.82 Å². The summed E-state index contributed by atoms with van der Waals surface area (Å²) in [7, 11) is 1.83. The third kappa shape index (κ3) is 3.04. The molecule has 0 bridgehead atoms. The Morgan fingerprint density at radius 2 is 2.05 bits per heavy atom. The first kappa shape index (κ1) is 14.7. The van der Waals surface area contributed by atoms with Gasteiger partial charge in [0.25, 0.3) is 5.91 Å². The van der Waals surface area contributed by atoms with E-state index in [9.17, 15) is 4.79 Å². The van der Waals surface area contributed by atoms with E-state index in [-0.39, 0.29) is 5.91 Å². The predicted molar refractivity (Wildman–Crippen MR) is 86.6 cm³/mol. The fraction of sp³-hybridized carbons (Fsp3) is 0.333. The molecule has 0 aliphatic heterocycles. The zero-order valence-corrected chi connectivity index (χ0v) is 12.8. The zero-order chi connectivity index (χ0) is 14.5. The summed E-state index contributed by atoms with van der Waals surface area (Å²) in [4.78, 5) is 16.6. The standard InChI is InChI=1S/C15H19N3OS/c1-10(20-3)8-18-15(19)13-9-17-14(16-2)12-7-5-4-6-11(12)13/h4-7,9-10H,8H2,1-3H3,(H,16,17)(H,18,19). The number of nitrogens with zero attached hydrogens (tertiary/aromatic N) is 1. The van der Waals surface area contributed by atoms with Crippen LogP contribution in [0.3, 0.4) is 0 Å². The number of nitrogens with one attached hydrogen (secondary N) is 2. The van der Waals surface area contributed by atoms with E-state index in [1.807, 2.05) is 37.6 Å². The van der Waals surface area contributed by atoms with Crippen LogP contribution >= 0.6 is 11.8 Å². The van der Waals surface area contributed by atoms with Crippen molar-refractivity contribution in [3.8, 4) is 0 Å². The molecule has 1 aromatic heterocycles. The van der Waals surface area contributed by atoms with Gasteiger partial charge < -0.3 is 10.6 Å². The summed E-state index contributed by atoms with van der Waals surface area (Å²) < 4.78 is 0. The topological polar surface area (TPSA) is 54.0 Å². The van der Waals surface area contributed by atoms with Crippen molar-refractivity contribution in [3.05, 3.63) is 36.0 Å². The lowest BCUT2D eigenvalue weighted by molar-refractivity contribution is 0.0955. The Balaban J connectivity index is 2.33. The fourth-order valence-electron chi connectivity index (χ4n) is 1.99. The Morgan fingerprint density at radius 3 is 2.70 bits per heavy atom. The molecule has 4 nitrogen and oxygen atoms in total. The molecule has 0 aliphatic rings. The van der Waals surface area contributed by atoms with E-state index < -0.39 is 0 Å². The highest BCUT2D eigenvalue weighted by molar-refractivity contribution is 7.99. The second-order valence-electron chi connectivity index (χ2n) is 4.57. The van der Waals surface area contributed by atoms with Crippen LogP contribution in [0.25, 0.3) is 10.8 Å². The maximum Gasteiger partial charge on any atom is 0.253 e. The highest BCUT2D eigenvalue weighted by atomic mass is 32.2. The third-order valence-corrected chi connectivity index (χ3v) is 4.20. The van der Waals surface area contributed by atoms with E-state index in [0.29, 0.717) is 17.4 Å². The molecular weight excluding hydrogens is 270 g/mol. The second kappa shape index (κ2) is 6.61. The highest BCUT2D eigenvalue weighted by Gasteiger charge is 2.13. The minimum Gasteiger partial charge on any atom is -0.373 e. The number of hydrogen-bond acceptors (Lipinski definition) is 4. The lowest BCUT2D eigenvalue weighted by atomic mass is 10.1. The number of carbonyl (C=O) groups excluding carboxylic acids is 1. The maximum absolute atomic E-state index is 12.3. The van der Waals surface area contributed by atoms with Crippen molar-refractivity contribution in [1.82, 2.24) is 10.3 Å². The Labute approximate surface area is 123 Å². The van der Waals surface area contributed by atoms with Crippen molar-refractivity contribution in [3.63, 3.8) is 0 Å². The maximum atomic E-state index is 12.3. The Morgan fingerprint density at radius 1 is 1.35 bits per heavy atom. The van der Waals surface area contributed by atoms with Crippen molar-refractivity contribution >= 4 is 34.3 Å². The number of anilines is 1. The molecule has 1 aromatic carbocycles. The lowest BCUT2D eigenvalue weighted by Gasteiger charge is -2.12. The van der Waals surface area contributed by atoms with Gasteiger partial charge in [0, 0.05) is 30.4 Å². The first-order valence-corrected chi connectivity index (χ1v) is 7.82. The fourth-order valence-corrected chi connectivity index (χ4v) is 2.24.